The number of hydrogen-bond donors (Lipinski definition) is 0. The second kappa shape index (κ2) is 14.1. The van der Waals surface area contributed by atoms with Crippen molar-refractivity contribution in [2.45, 2.75) is 17.8 Å². The smallest absolute Gasteiger partial charge is 0.164 e. The van der Waals surface area contributed by atoms with Crippen molar-refractivity contribution in [2.24, 2.45) is 0 Å². The standard InChI is InChI=1S/C55H36N6/c1-5-17-35(18-6-1)49-56-50(36-19-7-2-8-20-36)59-53(58-49)39-29-31-47-43(33-39)44-34-40(30-32-48(44)55(47)45-27-15-13-25-41(45)42-26-14-16-28-46(42)55)54-60-51(37-21-9-3-10-22-37)57-52(61-54)38-23-11-4-12-24-38/h1-23,25-34,38H,24H2. The molecule has 3 aliphatic carbocycles. The van der Waals surface area contributed by atoms with Crippen LogP contribution in [-0.4, -0.2) is 29.9 Å². The highest BCUT2D eigenvalue weighted by Gasteiger charge is 2.51. The van der Waals surface area contributed by atoms with Gasteiger partial charge in [-0.1, -0.05) is 188 Å². The molecule has 9 aromatic rings. The topological polar surface area (TPSA) is 77.3 Å². The van der Waals surface area contributed by atoms with E-state index < -0.39 is 5.41 Å². The van der Waals surface area contributed by atoms with E-state index in [1.807, 2.05) is 78.9 Å². The van der Waals surface area contributed by atoms with Gasteiger partial charge in [-0.15, -0.1) is 0 Å². The van der Waals surface area contributed by atoms with Crippen LogP contribution in [0.5, 0.6) is 0 Å². The van der Waals surface area contributed by atoms with Crippen molar-refractivity contribution in [1.29, 1.82) is 0 Å². The summed E-state index contributed by atoms with van der Waals surface area (Å²) >= 11 is 0. The molecule has 1 spiro atoms. The molecule has 3 aliphatic rings. The predicted octanol–water partition coefficient (Wildman–Crippen LogP) is 12.3. The molecule has 61 heavy (non-hydrogen) atoms. The van der Waals surface area contributed by atoms with E-state index >= 15 is 0 Å². The Kier molecular flexibility index (Phi) is 8.10. The molecule has 12 rings (SSSR count). The van der Waals surface area contributed by atoms with Crippen molar-refractivity contribution in [3.05, 3.63) is 228 Å². The molecule has 7 aromatic carbocycles. The molecule has 0 saturated carbocycles. The number of hydrogen-bond acceptors (Lipinski definition) is 6. The zero-order valence-electron chi connectivity index (χ0n) is 33.0. The van der Waals surface area contributed by atoms with E-state index in [0.717, 1.165) is 51.2 Å². The lowest BCUT2D eigenvalue weighted by Crippen LogP contribution is -2.25. The van der Waals surface area contributed by atoms with Crippen molar-refractivity contribution in [1.82, 2.24) is 29.9 Å². The van der Waals surface area contributed by atoms with Gasteiger partial charge in [0.2, 0.25) is 0 Å². The summed E-state index contributed by atoms with van der Waals surface area (Å²) in [6, 6.07) is 61.8. The van der Waals surface area contributed by atoms with Crippen molar-refractivity contribution in [2.75, 3.05) is 0 Å². The Morgan fingerprint density at radius 1 is 0.344 bits per heavy atom. The van der Waals surface area contributed by atoms with Gasteiger partial charge in [-0.25, -0.2) is 29.9 Å². The second-order valence-corrected chi connectivity index (χ2v) is 15.8. The Morgan fingerprint density at radius 2 is 0.738 bits per heavy atom. The summed E-state index contributed by atoms with van der Waals surface area (Å²) in [5, 5.41) is 0. The molecule has 6 heteroatoms. The Labute approximate surface area is 353 Å². The second-order valence-electron chi connectivity index (χ2n) is 15.8. The maximum Gasteiger partial charge on any atom is 0.164 e. The predicted molar refractivity (Wildman–Crippen MR) is 242 cm³/mol. The molecular formula is C55H36N6. The summed E-state index contributed by atoms with van der Waals surface area (Å²) < 4.78 is 0. The molecule has 0 bridgehead atoms. The molecule has 286 valence electrons. The minimum absolute atomic E-state index is 0.0589. The van der Waals surface area contributed by atoms with Crippen LogP contribution in [0.3, 0.4) is 0 Å². The average molecular weight is 781 g/mol. The van der Waals surface area contributed by atoms with Crippen molar-refractivity contribution < 1.29 is 0 Å². The lowest BCUT2D eigenvalue weighted by molar-refractivity contribution is 0.764. The van der Waals surface area contributed by atoms with Crippen LogP contribution in [0.25, 0.3) is 79.2 Å². The Balaban J connectivity index is 1.10. The van der Waals surface area contributed by atoms with Gasteiger partial charge >= 0.3 is 0 Å². The summed E-state index contributed by atoms with van der Waals surface area (Å²) in [5.41, 5.74) is 13.9. The van der Waals surface area contributed by atoms with E-state index in [4.69, 9.17) is 29.9 Å². The molecule has 1 atom stereocenters. The molecule has 0 saturated heterocycles. The van der Waals surface area contributed by atoms with Crippen LogP contribution in [0.1, 0.15) is 40.4 Å². The largest absolute Gasteiger partial charge is 0.212 e. The van der Waals surface area contributed by atoms with Gasteiger partial charge in [0.05, 0.1) is 5.41 Å². The van der Waals surface area contributed by atoms with Crippen molar-refractivity contribution in [3.8, 4) is 79.2 Å². The Hall–Kier alpha value is -7.96. The van der Waals surface area contributed by atoms with Crippen LogP contribution in [0.4, 0.5) is 0 Å². The minimum Gasteiger partial charge on any atom is -0.212 e. The molecular weight excluding hydrogens is 745 g/mol. The van der Waals surface area contributed by atoms with Gasteiger partial charge in [-0.05, 0) is 63.1 Å². The van der Waals surface area contributed by atoms with Crippen LogP contribution in [0, 0.1) is 0 Å². The number of aromatic nitrogens is 6. The van der Waals surface area contributed by atoms with Gasteiger partial charge < -0.3 is 0 Å². The average Bonchev–Trinajstić information content (AvgIpc) is 3.81. The molecule has 0 N–H and O–H groups in total. The molecule has 0 radical (unpaired) electrons. The van der Waals surface area contributed by atoms with Crippen molar-refractivity contribution in [3.63, 3.8) is 0 Å². The highest BCUT2D eigenvalue weighted by atomic mass is 15.0. The number of nitrogens with zero attached hydrogens (tertiary/aromatic N) is 6. The van der Waals surface area contributed by atoms with Crippen LogP contribution < -0.4 is 0 Å². The van der Waals surface area contributed by atoms with Crippen molar-refractivity contribution >= 4 is 0 Å². The fourth-order valence-corrected chi connectivity index (χ4v) is 9.54. The van der Waals surface area contributed by atoms with Gasteiger partial charge in [-0.2, -0.15) is 0 Å². The van der Waals surface area contributed by atoms with E-state index in [9.17, 15) is 0 Å². The van der Waals surface area contributed by atoms with E-state index in [1.54, 1.807) is 0 Å². The lowest BCUT2D eigenvalue weighted by Gasteiger charge is -2.30. The third-order valence-electron chi connectivity index (χ3n) is 12.3. The number of benzene rings is 7. The Morgan fingerprint density at radius 3 is 1.20 bits per heavy atom. The SMILES string of the molecule is C1=CCC(c2nc(-c3ccccc3)nc(-c3ccc4c(c3)-c3cc(-c5nc(-c6ccccc6)nc(-c6ccccc6)n5)ccc3C43c4ccccc4-c4ccccc43)n2)C=C1. The number of rotatable bonds is 6. The zero-order valence-corrected chi connectivity index (χ0v) is 33.0. The maximum absolute atomic E-state index is 5.20. The molecule has 0 aliphatic heterocycles. The fourth-order valence-electron chi connectivity index (χ4n) is 9.54. The summed E-state index contributed by atoms with van der Waals surface area (Å²) in [4.78, 5) is 30.7. The van der Waals surface area contributed by atoms with E-state index in [1.165, 1.54) is 33.4 Å². The fraction of sp³-hybridized carbons (Fsp3) is 0.0545. The van der Waals surface area contributed by atoms with E-state index in [2.05, 4.69) is 121 Å². The normalized spacial score (nSPS) is 15.0. The lowest BCUT2D eigenvalue weighted by atomic mass is 9.70. The number of allylic oxidation sites excluding steroid dienone is 4. The monoisotopic (exact) mass is 780 g/mol. The summed E-state index contributed by atoms with van der Waals surface area (Å²) in [5.74, 6) is 4.02. The van der Waals surface area contributed by atoms with Gasteiger partial charge in [0.1, 0.15) is 5.82 Å². The van der Waals surface area contributed by atoms with Gasteiger partial charge in [0.25, 0.3) is 0 Å². The third-order valence-corrected chi connectivity index (χ3v) is 12.3. The van der Waals surface area contributed by atoms with Crippen LogP contribution in [0.15, 0.2) is 200 Å². The van der Waals surface area contributed by atoms with Crippen LogP contribution in [0.2, 0.25) is 0 Å². The first-order valence-electron chi connectivity index (χ1n) is 20.7. The highest BCUT2D eigenvalue weighted by molar-refractivity contribution is 5.96. The zero-order chi connectivity index (χ0) is 40.3. The summed E-state index contributed by atoms with van der Waals surface area (Å²) in [6.45, 7) is 0. The van der Waals surface area contributed by atoms with Crippen LogP contribution in [-0.2, 0) is 5.41 Å². The quantitative estimate of drug-likeness (QED) is 0.167. The number of fused-ring (bicyclic) bond motifs is 10. The van der Waals surface area contributed by atoms with Gasteiger partial charge in [0, 0.05) is 33.7 Å². The van der Waals surface area contributed by atoms with Gasteiger partial charge in [-0.3, -0.25) is 0 Å². The molecule has 6 nitrogen and oxygen atoms in total. The third kappa shape index (κ3) is 5.64. The first-order chi connectivity index (χ1) is 30.2. The first-order valence-corrected chi connectivity index (χ1v) is 20.7. The Bertz CT molecular complexity index is 3130. The minimum atomic E-state index is -0.531. The van der Waals surface area contributed by atoms with Crippen LogP contribution >= 0.6 is 0 Å². The van der Waals surface area contributed by atoms with E-state index in [0.29, 0.717) is 29.1 Å². The molecule has 1 unspecified atom stereocenters. The van der Waals surface area contributed by atoms with Gasteiger partial charge in [0.15, 0.2) is 29.1 Å². The maximum atomic E-state index is 5.20. The van der Waals surface area contributed by atoms with E-state index in [-0.39, 0.29) is 5.92 Å². The molecule has 2 heterocycles. The molecule has 0 fully saturated rings. The molecule has 0 amide bonds. The molecule has 2 aromatic heterocycles. The summed E-state index contributed by atoms with van der Waals surface area (Å²) in [6.07, 6.45) is 9.36. The first kappa shape index (κ1) is 35.0. The summed E-state index contributed by atoms with van der Waals surface area (Å²) in [7, 11) is 0. The highest BCUT2D eigenvalue weighted by Crippen LogP contribution is 2.63.